The summed E-state index contributed by atoms with van der Waals surface area (Å²) < 4.78 is 2.90. The highest BCUT2D eigenvalue weighted by Gasteiger charge is 2.11. The lowest BCUT2D eigenvalue weighted by Gasteiger charge is -2.15. The highest BCUT2D eigenvalue weighted by atomic mass is 79.9. The summed E-state index contributed by atoms with van der Waals surface area (Å²) in [6.45, 7) is 1.98. The lowest BCUT2D eigenvalue weighted by Crippen LogP contribution is -2.26. The summed E-state index contributed by atoms with van der Waals surface area (Å²) in [6, 6.07) is 15.3. The van der Waals surface area contributed by atoms with Crippen LogP contribution in [-0.2, 0) is 0 Å². The Morgan fingerprint density at radius 1 is 1.13 bits per heavy atom. The van der Waals surface area contributed by atoms with Crippen molar-refractivity contribution in [2.45, 2.75) is 13.0 Å². The molecule has 2 aromatic carbocycles. The van der Waals surface area contributed by atoms with E-state index in [2.05, 4.69) is 26.2 Å². The van der Waals surface area contributed by atoms with Crippen LogP contribution in [0.5, 0.6) is 0 Å². The first-order chi connectivity index (χ1) is 11.1. The van der Waals surface area contributed by atoms with E-state index >= 15 is 0 Å². The van der Waals surface area contributed by atoms with Crippen LogP contribution < -0.4 is 5.32 Å². The van der Waals surface area contributed by atoms with Crippen molar-refractivity contribution in [2.75, 3.05) is 0 Å². The molecule has 3 aromatic rings. The Labute approximate surface area is 143 Å². The number of nitrogens with zero attached hydrogens (tertiary/aromatic N) is 2. The molecule has 0 saturated heterocycles. The average Bonchev–Trinajstić information content (AvgIpc) is 3.10. The maximum Gasteiger partial charge on any atom is 0.251 e. The van der Waals surface area contributed by atoms with E-state index in [1.54, 1.807) is 24.7 Å². The number of hydrogen-bond donors (Lipinski definition) is 1. The third-order valence-corrected chi connectivity index (χ3v) is 4.18. The van der Waals surface area contributed by atoms with Crippen molar-refractivity contribution in [3.8, 4) is 5.69 Å². The van der Waals surface area contributed by atoms with E-state index in [0.29, 0.717) is 5.56 Å². The largest absolute Gasteiger partial charge is 0.346 e. The first-order valence-corrected chi connectivity index (χ1v) is 8.07. The summed E-state index contributed by atoms with van der Waals surface area (Å²) in [7, 11) is 0. The molecule has 116 valence electrons. The van der Waals surface area contributed by atoms with Crippen LogP contribution in [0.15, 0.2) is 71.7 Å². The predicted molar refractivity (Wildman–Crippen MR) is 93.6 cm³/mol. The number of hydrogen-bond acceptors (Lipinski definition) is 2. The zero-order chi connectivity index (χ0) is 16.2. The zero-order valence-corrected chi connectivity index (χ0v) is 14.2. The SMILES string of the molecule is CC(NC(=O)c1ccc(Br)cc1)c1ccc(-n2ccnc2)cc1. The van der Waals surface area contributed by atoms with Gasteiger partial charge in [0.25, 0.3) is 5.91 Å². The molecule has 0 aliphatic heterocycles. The zero-order valence-electron chi connectivity index (χ0n) is 12.6. The number of rotatable bonds is 4. The van der Waals surface area contributed by atoms with Gasteiger partial charge in [0.1, 0.15) is 0 Å². The minimum atomic E-state index is -0.0799. The van der Waals surface area contributed by atoms with Crippen molar-refractivity contribution in [1.29, 1.82) is 0 Å². The summed E-state index contributed by atoms with van der Waals surface area (Å²) in [6.07, 6.45) is 5.40. The Balaban J connectivity index is 1.69. The second kappa shape index (κ2) is 6.79. The Hall–Kier alpha value is -2.40. The summed E-state index contributed by atoms with van der Waals surface area (Å²) >= 11 is 3.37. The van der Waals surface area contributed by atoms with E-state index in [4.69, 9.17) is 0 Å². The standard InChI is InChI=1S/C18H16BrN3O/c1-13(21-18(23)15-2-6-16(19)7-3-15)14-4-8-17(9-5-14)22-11-10-20-12-22/h2-13H,1H3,(H,21,23). The second-order valence-electron chi connectivity index (χ2n) is 5.26. The number of nitrogens with one attached hydrogen (secondary N) is 1. The number of halogens is 1. The third-order valence-electron chi connectivity index (χ3n) is 3.65. The molecule has 1 N–H and O–H groups in total. The number of aromatic nitrogens is 2. The van der Waals surface area contributed by atoms with Crippen molar-refractivity contribution in [3.63, 3.8) is 0 Å². The Morgan fingerprint density at radius 2 is 1.83 bits per heavy atom. The van der Waals surface area contributed by atoms with Gasteiger partial charge in [-0.15, -0.1) is 0 Å². The highest BCUT2D eigenvalue weighted by Crippen LogP contribution is 2.17. The van der Waals surface area contributed by atoms with E-state index in [-0.39, 0.29) is 11.9 Å². The second-order valence-corrected chi connectivity index (χ2v) is 6.18. The molecule has 0 radical (unpaired) electrons. The van der Waals surface area contributed by atoms with Crippen LogP contribution in [0.3, 0.4) is 0 Å². The molecule has 23 heavy (non-hydrogen) atoms. The molecule has 1 aromatic heterocycles. The molecule has 5 heteroatoms. The summed E-state index contributed by atoms with van der Waals surface area (Å²) in [5, 5.41) is 3.01. The van der Waals surface area contributed by atoms with Crippen molar-refractivity contribution >= 4 is 21.8 Å². The van der Waals surface area contributed by atoms with Crippen LogP contribution in [0, 0.1) is 0 Å². The number of benzene rings is 2. The van der Waals surface area contributed by atoms with E-state index in [1.165, 1.54) is 0 Å². The number of carbonyl (C=O) groups excluding carboxylic acids is 1. The van der Waals surface area contributed by atoms with E-state index in [1.807, 2.05) is 54.1 Å². The minimum Gasteiger partial charge on any atom is -0.346 e. The molecule has 1 atom stereocenters. The number of carbonyl (C=O) groups is 1. The van der Waals surface area contributed by atoms with Gasteiger partial charge in [-0.05, 0) is 48.9 Å². The number of imidazole rings is 1. The van der Waals surface area contributed by atoms with Gasteiger partial charge >= 0.3 is 0 Å². The fourth-order valence-corrected chi connectivity index (χ4v) is 2.58. The predicted octanol–water partition coefficient (Wildman–Crippen LogP) is 4.13. The first-order valence-electron chi connectivity index (χ1n) is 7.28. The van der Waals surface area contributed by atoms with Gasteiger partial charge in [0.15, 0.2) is 0 Å². The quantitative estimate of drug-likeness (QED) is 0.751. The maximum absolute atomic E-state index is 12.3. The first kappa shape index (κ1) is 15.5. The fraction of sp³-hybridized carbons (Fsp3) is 0.111. The normalized spacial score (nSPS) is 11.9. The van der Waals surface area contributed by atoms with Crippen LogP contribution in [0.2, 0.25) is 0 Å². The van der Waals surface area contributed by atoms with Crippen molar-refractivity contribution in [2.24, 2.45) is 0 Å². The van der Waals surface area contributed by atoms with E-state index in [9.17, 15) is 4.79 Å². The van der Waals surface area contributed by atoms with Gasteiger partial charge in [-0.2, -0.15) is 0 Å². The van der Waals surface area contributed by atoms with Crippen LogP contribution in [0.25, 0.3) is 5.69 Å². The number of amides is 1. The van der Waals surface area contributed by atoms with E-state index in [0.717, 1.165) is 15.7 Å². The summed E-state index contributed by atoms with van der Waals surface area (Å²) in [5.74, 6) is -0.0799. The van der Waals surface area contributed by atoms with Crippen LogP contribution in [0.4, 0.5) is 0 Å². The molecule has 4 nitrogen and oxygen atoms in total. The van der Waals surface area contributed by atoms with Crippen molar-refractivity contribution < 1.29 is 4.79 Å². The van der Waals surface area contributed by atoms with Crippen molar-refractivity contribution in [3.05, 3.63) is 82.9 Å². The van der Waals surface area contributed by atoms with Gasteiger partial charge in [0, 0.05) is 28.1 Å². The molecule has 1 heterocycles. The summed E-state index contributed by atoms with van der Waals surface area (Å²) in [4.78, 5) is 16.3. The fourth-order valence-electron chi connectivity index (χ4n) is 2.31. The van der Waals surface area contributed by atoms with Crippen LogP contribution in [0.1, 0.15) is 28.9 Å². The van der Waals surface area contributed by atoms with Gasteiger partial charge in [0.05, 0.1) is 12.4 Å². The van der Waals surface area contributed by atoms with Crippen molar-refractivity contribution in [1.82, 2.24) is 14.9 Å². The molecule has 0 saturated carbocycles. The average molecular weight is 370 g/mol. The topological polar surface area (TPSA) is 46.9 Å². The lowest BCUT2D eigenvalue weighted by molar-refractivity contribution is 0.0940. The molecule has 1 unspecified atom stereocenters. The molecular weight excluding hydrogens is 354 g/mol. The van der Waals surface area contributed by atoms with E-state index < -0.39 is 0 Å². The highest BCUT2D eigenvalue weighted by molar-refractivity contribution is 9.10. The maximum atomic E-state index is 12.3. The molecule has 3 rings (SSSR count). The molecule has 0 fully saturated rings. The van der Waals surface area contributed by atoms with Crippen LogP contribution in [-0.4, -0.2) is 15.5 Å². The van der Waals surface area contributed by atoms with Gasteiger partial charge in [-0.3, -0.25) is 4.79 Å². The molecule has 0 aliphatic rings. The Morgan fingerprint density at radius 3 is 2.43 bits per heavy atom. The molecule has 1 amide bonds. The monoisotopic (exact) mass is 369 g/mol. The van der Waals surface area contributed by atoms with Gasteiger partial charge in [-0.1, -0.05) is 28.1 Å². The summed E-state index contributed by atoms with van der Waals surface area (Å²) in [5.41, 5.74) is 2.74. The molecular formula is C18H16BrN3O. The molecule has 0 spiro atoms. The minimum absolute atomic E-state index is 0.0667. The Bertz CT molecular complexity index is 780. The Kier molecular flexibility index (Phi) is 4.57. The lowest BCUT2D eigenvalue weighted by atomic mass is 10.1. The third kappa shape index (κ3) is 3.68. The molecule has 0 aliphatic carbocycles. The smallest absolute Gasteiger partial charge is 0.251 e. The van der Waals surface area contributed by atoms with Gasteiger partial charge in [-0.25, -0.2) is 4.98 Å². The molecule has 0 bridgehead atoms. The van der Waals surface area contributed by atoms with Gasteiger partial charge in [0.2, 0.25) is 0 Å². The van der Waals surface area contributed by atoms with Gasteiger partial charge < -0.3 is 9.88 Å². The van der Waals surface area contributed by atoms with Crippen LogP contribution >= 0.6 is 15.9 Å².